The maximum Gasteiger partial charge on any atom is 0.223 e. The van der Waals surface area contributed by atoms with E-state index < -0.39 is 0 Å². The lowest BCUT2D eigenvalue weighted by molar-refractivity contribution is -0.132. The topological polar surface area (TPSA) is 56.6 Å². The Hall–Kier alpha value is -2.34. The van der Waals surface area contributed by atoms with Crippen LogP contribution in [0.1, 0.15) is 62.0 Å². The van der Waals surface area contributed by atoms with E-state index in [1.54, 1.807) is 0 Å². The van der Waals surface area contributed by atoms with Crippen LogP contribution in [0.5, 0.6) is 5.75 Å². The molecule has 1 aromatic heterocycles. The predicted molar refractivity (Wildman–Crippen MR) is 111 cm³/mol. The van der Waals surface area contributed by atoms with Gasteiger partial charge in [-0.05, 0) is 31.4 Å². The van der Waals surface area contributed by atoms with Crippen molar-refractivity contribution in [1.82, 2.24) is 14.7 Å². The fraction of sp³-hybridized carbons (Fsp3) is 0.565. The van der Waals surface area contributed by atoms with Crippen LogP contribution < -0.4 is 4.74 Å². The van der Waals surface area contributed by atoms with Crippen molar-refractivity contribution < 1.29 is 14.3 Å². The van der Waals surface area contributed by atoms with Gasteiger partial charge in [0.1, 0.15) is 12.4 Å². The largest absolute Gasteiger partial charge is 0.492 e. The molecule has 1 unspecified atom stereocenters. The minimum absolute atomic E-state index is 0.0890. The summed E-state index contributed by atoms with van der Waals surface area (Å²) in [5, 5.41) is 4.98. The molecule has 0 spiro atoms. The number of ether oxygens (including phenoxy) is 2. The Morgan fingerprint density at radius 1 is 1.31 bits per heavy atom. The molecule has 6 nitrogen and oxygen atoms in total. The highest BCUT2D eigenvalue weighted by molar-refractivity contribution is 5.77. The SMILES string of the molecule is CCCCC(=O)N1CCCC1c1nn(CCOc2ccccc2)c2c1COCC2. The molecule has 2 aliphatic rings. The third-order valence-corrected chi connectivity index (χ3v) is 5.88. The highest BCUT2D eigenvalue weighted by Gasteiger charge is 2.35. The van der Waals surface area contributed by atoms with E-state index in [1.807, 2.05) is 30.3 Å². The van der Waals surface area contributed by atoms with Crippen molar-refractivity contribution in [1.29, 1.82) is 0 Å². The standard InChI is InChI=1S/C23H31N3O3/c1-2-3-11-22(27)25-13-7-10-21(25)23-19-17-28-15-12-20(19)26(24-23)14-16-29-18-8-5-4-6-9-18/h4-6,8-9,21H,2-3,7,10-17H2,1H3. The van der Waals surface area contributed by atoms with Gasteiger partial charge in [-0.3, -0.25) is 9.48 Å². The van der Waals surface area contributed by atoms with E-state index in [0.29, 0.717) is 26.2 Å². The van der Waals surface area contributed by atoms with Gasteiger partial charge in [0.05, 0.1) is 31.5 Å². The first-order chi connectivity index (χ1) is 14.3. The number of amides is 1. The number of para-hydroxylation sites is 1. The first kappa shape index (κ1) is 20.0. The van der Waals surface area contributed by atoms with E-state index in [1.165, 1.54) is 11.3 Å². The maximum atomic E-state index is 12.7. The maximum absolute atomic E-state index is 12.7. The molecule has 1 fully saturated rings. The number of aromatic nitrogens is 2. The second-order valence-electron chi connectivity index (χ2n) is 7.85. The van der Waals surface area contributed by atoms with Crippen molar-refractivity contribution in [3.05, 3.63) is 47.3 Å². The molecule has 156 valence electrons. The van der Waals surface area contributed by atoms with E-state index in [2.05, 4.69) is 16.5 Å². The summed E-state index contributed by atoms with van der Waals surface area (Å²) in [4.78, 5) is 14.8. The molecule has 1 atom stereocenters. The highest BCUT2D eigenvalue weighted by atomic mass is 16.5. The molecule has 1 saturated heterocycles. The summed E-state index contributed by atoms with van der Waals surface area (Å²) in [7, 11) is 0. The Kier molecular flexibility index (Phi) is 6.49. The molecule has 29 heavy (non-hydrogen) atoms. The Balaban J connectivity index is 1.50. The molecule has 6 heteroatoms. The van der Waals surface area contributed by atoms with Gasteiger partial charge in [-0.25, -0.2) is 0 Å². The Morgan fingerprint density at radius 2 is 2.17 bits per heavy atom. The van der Waals surface area contributed by atoms with Crippen molar-refractivity contribution >= 4 is 5.91 Å². The minimum Gasteiger partial charge on any atom is -0.492 e. The van der Waals surface area contributed by atoms with E-state index >= 15 is 0 Å². The number of nitrogens with zero attached hydrogens (tertiary/aromatic N) is 3. The molecular formula is C23H31N3O3. The summed E-state index contributed by atoms with van der Waals surface area (Å²) >= 11 is 0. The van der Waals surface area contributed by atoms with E-state index in [9.17, 15) is 4.79 Å². The van der Waals surface area contributed by atoms with Crippen LogP contribution in [0.25, 0.3) is 0 Å². The fourth-order valence-corrected chi connectivity index (χ4v) is 4.38. The quantitative estimate of drug-likeness (QED) is 0.678. The lowest BCUT2D eigenvalue weighted by atomic mass is 10.0. The van der Waals surface area contributed by atoms with Crippen molar-refractivity contribution in [2.75, 3.05) is 19.8 Å². The molecule has 1 aromatic carbocycles. The minimum atomic E-state index is 0.0890. The third-order valence-electron chi connectivity index (χ3n) is 5.88. The number of carbonyl (C=O) groups is 1. The first-order valence-electron chi connectivity index (χ1n) is 10.9. The zero-order chi connectivity index (χ0) is 20.1. The molecule has 1 amide bonds. The molecule has 0 aliphatic carbocycles. The van der Waals surface area contributed by atoms with Crippen LogP contribution in [0, 0.1) is 0 Å². The predicted octanol–water partition coefficient (Wildman–Crippen LogP) is 3.89. The number of carbonyl (C=O) groups excluding carboxylic acids is 1. The number of hydrogen-bond donors (Lipinski definition) is 0. The van der Waals surface area contributed by atoms with Crippen LogP contribution in [-0.2, 0) is 29.1 Å². The summed E-state index contributed by atoms with van der Waals surface area (Å²) in [5.74, 6) is 1.14. The molecule has 4 rings (SSSR count). The molecule has 0 radical (unpaired) electrons. The van der Waals surface area contributed by atoms with Gasteiger partial charge in [0.15, 0.2) is 0 Å². The monoisotopic (exact) mass is 397 g/mol. The van der Waals surface area contributed by atoms with Crippen LogP contribution in [0.4, 0.5) is 0 Å². The van der Waals surface area contributed by atoms with Crippen molar-refractivity contribution in [2.24, 2.45) is 0 Å². The van der Waals surface area contributed by atoms with Crippen LogP contribution in [0.2, 0.25) is 0 Å². The normalized spacial score (nSPS) is 18.7. The van der Waals surface area contributed by atoms with Crippen LogP contribution in [0.3, 0.4) is 0 Å². The Labute approximate surface area is 172 Å². The summed E-state index contributed by atoms with van der Waals surface area (Å²) in [6.45, 7) is 5.56. The fourth-order valence-electron chi connectivity index (χ4n) is 4.38. The van der Waals surface area contributed by atoms with Gasteiger partial charge < -0.3 is 14.4 Å². The number of benzene rings is 1. The number of likely N-dealkylation sites (tertiary alicyclic amines) is 1. The van der Waals surface area contributed by atoms with Crippen LogP contribution >= 0.6 is 0 Å². The van der Waals surface area contributed by atoms with Crippen molar-refractivity contribution in [3.8, 4) is 5.75 Å². The number of unbranched alkanes of at least 4 members (excludes halogenated alkanes) is 1. The second-order valence-corrected chi connectivity index (χ2v) is 7.85. The first-order valence-corrected chi connectivity index (χ1v) is 10.9. The Morgan fingerprint density at radius 3 is 3.00 bits per heavy atom. The third kappa shape index (κ3) is 4.47. The van der Waals surface area contributed by atoms with Crippen molar-refractivity contribution in [3.63, 3.8) is 0 Å². The van der Waals surface area contributed by atoms with E-state index in [4.69, 9.17) is 14.6 Å². The smallest absolute Gasteiger partial charge is 0.223 e. The average Bonchev–Trinajstić information content (AvgIpc) is 3.38. The summed E-state index contributed by atoms with van der Waals surface area (Å²) in [6.07, 6.45) is 5.53. The van der Waals surface area contributed by atoms with E-state index in [0.717, 1.165) is 56.7 Å². The lowest BCUT2D eigenvalue weighted by Gasteiger charge is -2.25. The van der Waals surface area contributed by atoms with Gasteiger partial charge in [-0.2, -0.15) is 5.10 Å². The highest BCUT2D eigenvalue weighted by Crippen LogP contribution is 2.36. The second kappa shape index (κ2) is 9.44. The van der Waals surface area contributed by atoms with Crippen LogP contribution in [-0.4, -0.2) is 40.3 Å². The summed E-state index contributed by atoms with van der Waals surface area (Å²) in [5.41, 5.74) is 3.48. The molecule has 2 aromatic rings. The van der Waals surface area contributed by atoms with Gasteiger partial charge >= 0.3 is 0 Å². The van der Waals surface area contributed by atoms with Gasteiger partial charge in [-0.1, -0.05) is 31.5 Å². The van der Waals surface area contributed by atoms with Crippen molar-refractivity contribution in [2.45, 2.75) is 64.6 Å². The zero-order valence-electron chi connectivity index (χ0n) is 17.3. The van der Waals surface area contributed by atoms with Gasteiger partial charge in [0, 0.05) is 30.6 Å². The average molecular weight is 398 g/mol. The van der Waals surface area contributed by atoms with Gasteiger partial charge in [0.2, 0.25) is 5.91 Å². The number of fused-ring (bicyclic) bond motifs is 1. The molecule has 2 aliphatic heterocycles. The lowest BCUT2D eigenvalue weighted by Crippen LogP contribution is -2.31. The zero-order valence-corrected chi connectivity index (χ0v) is 17.3. The molecule has 3 heterocycles. The van der Waals surface area contributed by atoms with Gasteiger partial charge in [0.25, 0.3) is 0 Å². The molecular weight excluding hydrogens is 366 g/mol. The molecule has 0 bridgehead atoms. The summed E-state index contributed by atoms with van der Waals surface area (Å²) < 4.78 is 13.7. The van der Waals surface area contributed by atoms with Gasteiger partial charge in [-0.15, -0.1) is 0 Å². The Bertz CT molecular complexity index is 818. The van der Waals surface area contributed by atoms with Crippen LogP contribution in [0.15, 0.2) is 30.3 Å². The molecule has 0 saturated carbocycles. The summed E-state index contributed by atoms with van der Waals surface area (Å²) in [6, 6.07) is 9.96. The number of hydrogen-bond acceptors (Lipinski definition) is 4. The number of rotatable bonds is 8. The molecule has 0 N–H and O–H groups in total. The van der Waals surface area contributed by atoms with E-state index in [-0.39, 0.29) is 11.9 Å².